The van der Waals surface area contributed by atoms with Crippen molar-refractivity contribution in [2.75, 3.05) is 0 Å². The van der Waals surface area contributed by atoms with Crippen molar-refractivity contribution in [3.63, 3.8) is 0 Å². The zero-order valence-corrected chi connectivity index (χ0v) is 25.8. The molecule has 0 aromatic carbocycles. The molecule has 0 bridgehead atoms. The monoisotopic (exact) mass is 550 g/mol. The lowest BCUT2D eigenvalue weighted by Gasteiger charge is -2.56. The van der Waals surface area contributed by atoms with Crippen LogP contribution in [0.1, 0.15) is 99.5 Å². The highest BCUT2D eigenvalue weighted by atomic mass is 16.4. The number of hydrogen-bond acceptors (Lipinski definition) is 4. The van der Waals surface area contributed by atoms with Crippen molar-refractivity contribution in [2.24, 2.45) is 41.4 Å². The molecule has 2 N–H and O–H groups in total. The molecule has 1 aliphatic heterocycles. The van der Waals surface area contributed by atoms with Gasteiger partial charge in [-0.05, 0) is 92.6 Å². The fourth-order valence-corrected chi connectivity index (χ4v) is 8.95. The first-order chi connectivity index (χ1) is 18.8. The summed E-state index contributed by atoms with van der Waals surface area (Å²) in [7, 11) is 0. The van der Waals surface area contributed by atoms with Gasteiger partial charge in [0.15, 0.2) is 0 Å². The molecule has 0 amide bonds. The van der Waals surface area contributed by atoms with Crippen LogP contribution < -0.4 is 0 Å². The van der Waals surface area contributed by atoms with Crippen LogP contribution in [0.5, 0.6) is 0 Å². The second-order valence-electron chi connectivity index (χ2n) is 13.8. The maximum absolute atomic E-state index is 13.6. The molecule has 6 atom stereocenters. The highest BCUT2D eigenvalue weighted by Gasteiger charge is 2.59. The summed E-state index contributed by atoms with van der Waals surface area (Å²) in [4.78, 5) is 33.8. The Hall–Kier alpha value is -2.63. The first-order valence-corrected chi connectivity index (χ1v) is 15.4. The van der Waals surface area contributed by atoms with Gasteiger partial charge in [-0.2, -0.15) is 0 Å². The average Bonchev–Trinajstić information content (AvgIpc) is 2.87. The Kier molecular flexibility index (Phi) is 8.87. The lowest BCUT2D eigenvalue weighted by Crippen LogP contribution is -2.56. The summed E-state index contributed by atoms with van der Waals surface area (Å²) in [5, 5.41) is 22.3. The van der Waals surface area contributed by atoms with Crippen LogP contribution in [0.25, 0.3) is 0 Å². The second-order valence-corrected chi connectivity index (χ2v) is 13.8. The van der Waals surface area contributed by atoms with Crippen LogP contribution in [-0.4, -0.2) is 38.1 Å². The molecule has 6 unspecified atom stereocenters. The summed E-state index contributed by atoms with van der Waals surface area (Å²) in [5.74, 6) is -0.102. The van der Waals surface area contributed by atoms with Crippen LogP contribution >= 0.6 is 0 Å². The van der Waals surface area contributed by atoms with E-state index in [4.69, 9.17) is 0 Å². The third kappa shape index (κ3) is 5.00. The van der Waals surface area contributed by atoms with Crippen LogP contribution in [0.3, 0.4) is 0 Å². The summed E-state index contributed by atoms with van der Waals surface area (Å²) in [6, 6.07) is 3.79. The molecular weight excluding hydrogens is 500 g/mol. The summed E-state index contributed by atoms with van der Waals surface area (Å²) < 4.78 is 0. The van der Waals surface area contributed by atoms with Gasteiger partial charge < -0.3 is 15.1 Å². The first-order valence-electron chi connectivity index (χ1n) is 15.4. The molecule has 220 valence electrons. The number of carbonyl (C=O) groups is 2. The maximum atomic E-state index is 13.6. The van der Waals surface area contributed by atoms with Gasteiger partial charge in [0.25, 0.3) is 0 Å². The van der Waals surface area contributed by atoms with E-state index in [1.807, 2.05) is 26.0 Å². The zero-order chi connectivity index (χ0) is 29.5. The first kappa shape index (κ1) is 30.3. The molecule has 40 heavy (non-hydrogen) atoms. The van der Waals surface area contributed by atoms with E-state index in [1.165, 1.54) is 0 Å². The summed E-state index contributed by atoms with van der Waals surface area (Å²) >= 11 is 0. The predicted molar refractivity (Wildman–Crippen MR) is 158 cm³/mol. The van der Waals surface area contributed by atoms with E-state index in [0.29, 0.717) is 46.5 Å². The molecule has 1 aromatic rings. The molecule has 2 heterocycles. The Morgan fingerprint density at radius 2 is 1.40 bits per heavy atom. The van der Waals surface area contributed by atoms with E-state index in [9.17, 15) is 19.8 Å². The Labute approximate surface area is 241 Å². The third-order valence-electron chi connectivity index (χ3n) is 10.7. The lowest BCUT2D eigenvalue weighted by molar-refractivity contribution is -0.136. The van der Waals surface area contributed by atoms with Gasteiger partial charge in [-0.1, -0.05) is 60.5 Å². The molecule has 4 rings (SSSR count). The van der Waals surface area contributed by atoms with Crippen molar-refractivity contribution in [1.82, 2.24) is 9.88 Å². The van der Waals surface area contributed by atoms with Crippen LogP contribution in [0.15, 0.2) is 47.1 Å². The van der Waals surface area contributed by atoms with Gasteiger partial charge in [-0.3, -0.25) is 4.98 Å². The Morgan fingerprint density at radius 1 is 0.875 bits per heavy atom. The van der Waals surface area contributed by atoms with Gasteiger partial charge >= 0.3 is 11.9 Å². The SMILES string of the molecule is CC1=C(C(=O)O)C(c2cccnc2)(C2CC(C)CCC2C(C)C)C(C(=O)O)=C(C)N1C1CC(C)CCC1C(C)C. The van der Waals surface area contributed by atoms with Gasteiger partial charge in [-0.15, -0.1) is 0 Å². The van der Waals surface area contributed by atoms with E-state index in [2.05, 4.69) is 51.4 Å². The number of allylic oxidation sites excluding steroid dienone is 2. The number of rotatable bonds is 7. The maximum Gasteiger partial charge on any atom is 0.334 e. The van der Waals surface area contributed by atoms with Gasteiger partial charge in [0, 0.05) is 29.8 Å². The molecule has 0 saturated heterocycles. The standard InChI is InChI=1S/C34H50N2O4/c1-19(2)26-13-11-21(5)16-28(26)34(25-10-9-15-35-18-25)30(32(37)38)23(7)36(24(8)31(34)33(39)40)29-17-22(6)12-14-27(29)20(3)4/h9-10,15,18-22,26-29H,11-14,16-17H2,1-8H3,(H,37,38)(H,39,40). The summed E-state index contributed by atoms with van der Waals surface area (Å²) in [5.41, 5.74) is 1.25. The molecule has 1 aromatic heterocycles. The highest BCUT2D eigenvalue weighted by molar-refractivity contribution is 6.01. The van der Waals surface area contributed by atoms with Crippen molar-refractivity contribution >= 4 is 11.9 Å². The van der Waals surface area contributed by atoms with Crippen LogP contribution in [0.2, 0.25) is 0 Å². The van der Waals surface area contributed by atoms with Gasteiger partial charge in [-0.25, -0.2) is 9.59 Å². The number of pyridine rings is 1. The van der Waals surface area contributed by atoms with Crippen molar-refractivity contribution < 1.29 is 19.8 Å². The molecule has 3 aliphatic rings. The number of carboxylic acid groups (broad SMARTS) is 2. The van der Waals surface area contributed by atoms with E-state index in [0.717, 1.165) is 38.5 Å². The molecule has 6 nitrogen and oxygen atoms in total. The normalized spacial score (nSPS) is 31.2. The van der Waals surface area contributed by atoms with Crippen LogP contribution in [0, 0.1) is 41.4 Å². The predicted octanol–water partition coefficient (Wildman–Crippen LogP) is 7.52. The third-order valence-corrected chi connectivity index (χ3v) is 10.7. The number of hydrogen-bond donors (Lipinski definition) is 2. The highest BCUT2D eigenvalue weighted by Crippen LogP contribution is 2.59. The quantitative estimate of drug-likeness (QED) is 0.365. The minimum absolute atomic E-state index is 0.0607. The van der Waals surface area contributed by atoms with Crippen LogP contribution in [-0.2, 0) is 15.0 Å². The van der Waals surface area contributed by atoms with Crippen molar-refractivity contribution in [3.8, 4) is 0 Å². The molecule has 2 saturated carbocycles. The fourth-order valence-electron chi connectivity index (χ4n) is 8.95. The minimum atomic E-state index is -1.30. The van der Waals surface area contributed by atoms with Crippen molar-refractivity contribution in [3.05, 3.63) is 52.6 Å². The fraction of sp³-hybridized carbons (Fsp3) is 0.676. The summed E-state index contributed by atoms with van der Waals surface area (Å²) in [6.45, 7) is 17.2. The average molecular weight is 551 g/mol. The lowest BCUT2D eigenvalue weighted by atomic mass is 9.50. The van der Waals surface area contributed by atoms with E-state index in [-0.39, 0.29) is 29.0 Å². The molecule has 0 spiro atoms. The number of nitrogens with zero attached hydrogens (tertiary/aromatic N) is 2. The molecule has 2 aliphatic carbocycles. The molecule has 2 fully saturated rings. The molecule has 6 heteroatoms. The smallest absolute Gasteiger partial charge is 0.334 e. The minimum Gasteiger partial charge on any atom is -0.478 e. The Balaban J connectivity index is 2.11. The van der Waals surface area contributed by atoms with E-state index in [1.54, 1.807) is 12.4 Å². The number of aliphatic carboxylic acids is 2. The van der Waals surface area contributed by atoms with E-state index < -0.39 is 17.4 Å². The largest absolute Gasteiger partial charge is 0.478 e. The van der Waals surface area contributed by atoms with Gasteiger partial charge in [0.2, 0.25) is 0 Å². The number of aromatic nitrogens is 1. The van der Waals surface area contributed by atoms with Crippen LogP contribution in [0.4, 0.5) is 0 Å². The Bertz CT molecular complexity index is 1130. The van der Waals surface area contributed by atoms with Crippen molar-refractivity contribution in [1.29, 1.82) is 0 Å². The zero-order valence-electron chi connectivity index (χ0n) is 25.8. The van der Waals surface area contributed by atoms with Gasteiger partial charge in [0.1, 0.15) is 0 Å². The second kappa shape index (κ2) is 11.7. The molecule has 0 radical (unpaired) electrons. The molecular formula is C34H50N2O4. The topological polar surface area (TPSA) is 90.7 Å². The van der Waals surface area contributed by atoms with Crippen molar-refractivity contribution in [2.45, 2.75) is 105 Å². The summed E-state index contributed by atoms with van der Waals surface area (Å²) in [6.07, 6.45) is 9.34. The number of carboxylic acids is 2. The van der Waals surface area contributed by atoms with Gasteiger partial charge in [0.05, 0.1) is 16.6 Å². The Morgan fingerprint density at radius 3 is 1.88 bits per heavy atom. The van der Waals surface area contributed by atoms with E-state index >= 15 is 0 Å².